The maximum atomic E-state index is 12.6. The molecule has 0 bridgehead atoms. The number of hydrogen-bond donors (Lipinski definition) is 1. The molecule has 5 rings (SSSR count). The van der Waals surface area contributed by atoms with Gasteiger partial charge in [-0.2, -0.15) is 4.98 Å². The van der Waals surface area contributed by atoms with Gasteiger partial charge in [-0.05, 0) is 24.1 Å². The van der Waals surface area contributed by atoms with Crippen molar-refractivity contribution >= 4 is 0 Å². The van der Waals surface area contributed by atoms with Crippen LogP contribution in [-0.4, -0.2) is 66.0 Å². The van der Waals surface area contributed by atoms with E-state index in [0.29, 0.717) is 58.8 Å². The van der Waals surface area contributed by atoms with Gasteiger partial charge in [-0.15, -0.1) is 0 Å². The van der Waals surface area contributed by atoms with Crippen molar-refractivity contribution in [3.63, 3.8) is 0 Å². The summed E-state index contributed by atoms with van der Waals surface area (Å²) in [6, 6.07) is 7.73. The van der Waals surface area contributed by atoms with Gasteiger partial charge in [-0.1, -0.05) is 17.9 Å². The number of nitrogens with zero attached hydrogens (tertiary/aromatic N) is 2. The third-order valence-electron chi connectivity index (χ3n) is 6.04. The molecule has 3 aliphatic rings. The van der Waals surface area contributed by atoms with E-state index in [4.69, 9.17) is 18.9 Å². The highest BCUT2D eigenvalue weighted by Crippen LogP contribution is 2.30. The van der Waals surface area contributed by atoms with Crippen LogP contribution in [0.5, 0.6) is 5.88 Å². The molecule has 0 radical (unpaired) electrons. The van der Waals surface area contributed by atoms with E-state index in [0.717, 1.165) is 22.4 Å². The molecule has 8 nitrogen and oxygen atoms in total. The first-order valence-electron chi connectivity index (χ1n) is 11.0. The number of rotatable bonds is 3. The predicted molar refractivity (Wildman–Crippen MR) is 116 cm³/mol. The summed E-state index contributed by atoms with van der Waals surface area (Å²) in [7, 11) is 0. The van der Waals surface area contributed by atoms with E-state index in [-0.39, 0.29) is 24.3 Å². The van der Waals surface area contributed by atoms with E-state index < -0.39 is 5.60 Å². The summed E-state index contributed by atoms with van der Waals surface area (Å²) in [4.78, 5) is 16.7. The molecular formula is C24H26N2O6. The Hall–Kier alpha value is -2.70. The highest BCUT2D eigenvalue weighted by Gasteiger charge is 2.27. The van der Waals surface area contributed by atoms with Crippen LogP contribution in [0.2, 0.25) is 0 Å². The topological polar surface area (TPSA) is 92.0 Å². The molecule has 1 aromatic heterocycles. The van der Waals surface area contributed by atoms with E-state index in [1.165, 1.54) is 0 Å². The van der Waals surface area contributed by atoms with Gasteiger partial charge in [0, 0.05) is 36.6 Å². The number of aryl methyl sites for hydroxylation is 1. The number of aromatic nitrogens is 2. The molecule has 0 saturated carbocycles. The maximum Gasteiger partial charge on any atom is 0.351 e. The third kappa shape index (κ3) is 4.57. The van der Waals surface area contributed by atoms with E-state index >= 15 is 0 Å². The molecule has 0 spiro atoms. The van der Waals surface area contributed by atoms with E-state index in [1.807, 2.05) is 18.2 Å². The highest BCUT2D eigenvalue weighted by atomic mass is 16.6. The Morgan fingerprint density at radius 3 is 2.88 bits per heavy atom. The molecule has 1 atom stereocenters. The van der Waals surface area contributed by atoms with Crippen molar-refractivity contribution < 1.29 is 24.1 Å². The molecular weight excluding hydrogens is 412 g/mol. The van der Waals surface area contributed by atoms with Crippen LogP contribution in [0.4, 0.5) is 0 Å². The molecule has 0 unspecified atom stereocenters. The van der Waals surface area contributed by atoms with Gasteiger partial charge in [0.05, 0.1) is 38.7 Å². The standard InChI is InChI=1S/C24H26N2O6/c27-23-25-22(32-16-19-15-30-11-12-31-19)14-21-20-2-1-17(13-18(20)4-8-26(21)23)3-5-24(28)6-9-29-10-7-24/h1-2,13-14,19,28H,4,6-12,15-16H2/t19-/m1/s1. The molecule has 4 heterocycles. The first kappa shape index (κ1) is 21.2. The van der Waals surface area contributed by atoms with Crippen molar-refractivity contribution in [3.05, 3.63) is 45.9 Å². The van der Waals surface area contributed by atoms with Gasteiger partial charge in [0.2, 0.25) is 5.88 Å². The Balaban J connectivity index is 1.38. The van der Waals surface area contributed by atoms with Gasteiger partial charge in [0.1, 0.15) is 18.3 Å². The van der Waals surface area contributed by atoms with Gasteiger partial charge >= 0.3 is 5.69 Å². The van der Waals surface area contributed by atoms with Crippen molar-refractivity contribution in [3.8, 4) is 29.0 Å². The lowest BCUT2D eigenvalue weighted by Crippen LogP contribution is -2.34. The predicted octanol–water partition coefficient (Wildman–Crippen LogP) is 1.15. The molecule has 3 aliphatic heterocycles. The summed E-state index contributed by atoms with van der Waals surface area (Å²) < 4.78 is 23.7. The fourth-order valence-corrected chi connectivity index (χ4v) is 4.19. The third-order valence-corrected chi connectivity index (χ3v) is 6.04. The number of benzene rings is 1. The first-order valence-corrected chi connectivity index (χ1v) is 11.0. The molecule has 32 heavy (non-hydrogen) atoms. The summed E-state index contributed by atoms with van der Waals surface area (Å²) >= 11 is 0. The van der Waals surface area contributed by atoms with Crippen LogP contribution in [0.3, 0.4) is 0 Å². The molecule has 2 saturated heterocycles. The quantitative estimate of drug-likeness (QED) is 0.719. The Kier molecular flexibility index (Phi) is 5.98. The average molecular weight is 438 g/mol. The van der Waals surface area contributed by atoms with Crippen LogP contribution in [0.25, 0.3) is 11.3 Å². The molecule has 168 valence electrons. The van der Waals surface area contributed by atoms with E-state index in [2.05, 4.69) is 16.8 Å². The van der Waals surface area contributed by atoms with Gasteiger partial charge in [0.15, 0.2) is 0 Å². The normalized spacial score (nSPS) is 21.6. The average Bonchev–Trinajstić information content (AvgIpc) is 2.82. The minimum Gasteiger partial charge on any atom is -0.475 e. The van der Waals surface area contributed by atoms with Crippen LogP contribution in [0.1, 0.15) is 24.0 Å². The number of aliphatic hydroxyl groups is 1. The fourth-order valence-electron chi connectivity index (χ4n) is 4.19. The first-order chi connectivity index (χ1) is 15.6. The van der Waals surface area contributed by atoms with Crippen molar-refractivity contribution in [1.82, 2.24) is 9.55 Å². The van der Waals surface area contributed by atoms with Crippen LogP contribution < -0.4 is 10.4 Å². The molecule has 0 aliphatic carbocycles. The van der Waals surface area contributed by atoms with Crippen LogP contribution >= 0.6 is 0 Å². The maximum absolute atomic E-state index is 12.6. The SMILES string of the molecule is O=c1nc(OC[C@H]2COCCO2)cc2n1CCc1cc(C#CC3(O)CCOCC3)ccc1-2. The van der Waals surface area contributed by atoms with Gasteiger partial charge in [-0.25, -0.2) is 4.79 Å². The Morgan fingerprint density at radius 1 is 1.19 bits per heavy atom. The number of fused-ring (bicyclic) bond motifs is 3. The Bertz CT molecular complexity index is 1100. The lowest BCUT2D eigenvalue weighted by molar-refractivity contribution is -0.102. The fraction of sp³-hybridized carbons (Fsp3) is 0.500. The molecule has 8 heteroatoms. The summed E-state index contributed by atoms with van der Waals surface area (Å²) in [5, 5.41) is 10.6. The zero-order valence-corrected chi connectivity index (χ0v) is 17.8. The molecule has 2 aromatic rings. The smallest absolute Gasteiger partial charge is 0.351 e. The van der Waals surface area contributed by atoms with Gasteiger partial charge in [-0.3, -0.25) is 4.57 Å². The van der Waals surface area contributed by atoms with E-state index in [1.54, 1.807) is 10.6 Å². The van der Waals surface area contributed by atoms with Crippen molar-refractivity contribution in [2.45, 2.75) is 37.5 Å². The molecule has 2 fully saturated rings. The Morgan fingerprint density at radius 2 is 2.06 bits per heavy atom. The summed E-state index contributed by atoms with van der Waals surface area (Å²) in [5.74, 6) is 6.43. The molecule has 1 aromatic carbocycles. The zero-order chi connectivity index (χ0) is 22.0. The van der Waals surface area contributed by atoms with E-state index in [9.17, 15) is 9.90 Å². The summed E-state index contributed by atoms with van der Waals surface area (Å²) in [6.07, 6.45) is 1.60. The van der Waals surface area contributed by atoms with Crippen molar-refractivity contribution in [1.29, 1.82) is 0 Å². The minimum atomic E-state index is -0.987. The van der Waals surface area contributed by atoms with Gasteiger partial charge < -0.3 is 24.1 Å². The minimum absolute atomic E-state index is 0.164. The molecule has 1 N–H and O–H groups in total. The largest absolute Gasteiger partial charge is 0.475 e. The van der Waals surface area contributed by atoms with Crippen LogP contribution in [-0.2, 0) is 27.2 Å². The van der Waals surface area contributed by atoms with Crippen LogP contribution in [0, 0.1) is 11.8 Å². The second kappa shape index (κ2) is 9.04. The molecule has 0 amide bonds. The highest BCUT2D eigenvalue weighted by molar-refractivity contribution is 5.68. The zero-order valence-electron chi connectivity index (χ0n) is 17.8. The van der Waals surface area contributed by atoms with Crippen molar-refractivity contribution in [2.75, 3.05) is 39.6 Å². The van der Waals surface area contributed by atoms with Crippen molar-refractivity contribution in [2.24, 2.45) is 0 Å². The second-order valence-electron chi connectivity index (χ2n) is 8.31. The monoisotopic (exact) mass is 438 g/mol. The number of ether oxygens (including phenoxy) is 4. The Labute approximate surface area is 186 Å². The summed E-state index contributed by atoms with van der Waals surface area (Å²) in [6.45, 7) is 3.48. The summed E-state index contributed by atoms with van der Waals surface area (Å²) in [5.41, 5.74) is 2.39. The lowest BCUT2D eigenvalue weighted by atomic mass is 9.93. The lowest BCUT2D eigenvalue weighted by Gasteiger charge is -2.26. The van der Waals surface area contributed by atoms with Gasteiger partial charge in [0.25, 0.3) is 0 Å². The van der Waals surface area contributed by atoms with Crippen LogP contribution in [0.15, 0.2) is 29.1 Å². The second-order valence-corrected chi connectivity index (χ2v) is 8.31. The number of hydrogen-bond acceptors (Lipinski definition) is 7.